The monoisotopic (exact) mass is 276 g/mol. The zero-order valence-electron chi connectivity index (χ0n) is 9.37. The van der Waals surface area contributed by atoms with Crippen LogP contribution in [0.1, 0.15) is 4.88 Å². The molecule has 1 heterocycles. The molecule has 0 saturated carbocycles. The summed E-state index contributed by atoms with van der Waals surface area (Å²) in [6, 6.07) is 1.54. The number of hydrogen-bond acceptors (Lipinski definition) is 5. The van der Waals surface area contributed by atoms with Crippen LogP contribution in [0.25, 0.3) is 0 Å². The number of nitrogens with two attached hydrogens (primary N) is 1. The van der Waals surface area contributed by atoms with Crippen molar-refractivity contribution in [3.05, 3.63) is 29.0 Å². The standard InChI is InChI=1S/C10H16N2O3S2/c1-2-4-12(5-6-13)17(14,15)10-3-7-16-9(10)8-11/h2-3,7,13H,1,4-6,8,11H2. The third-order valence-corrected chi connectivity index (χ3v) is 5.21. The number of sulfonamides is 1. The lowest BCUT2D eigenvalue weighted by molar-refractivity contribution is 0.260. The predicted molar refractivity (Wildman–Crippen MR) is 68.3 cm³/mol. The molecule has 1 rings (SSSR count). The Labute approximate surface area is 105 Å². The summed E-state index contributed by atoms with van der Waals surface area (Å²) in [4.78, 5) is 0.845. The van der Waals surface area contributed by atoms with E-state index in [0.29, 0.717) is 4.88 Å². The second-order valence-electron chi connectivity index (χ2n) is 3.29. The van der Waals surface area contributed by atoms with Gasteiger partial charge in [-0.2, -0.15) is 4.31 Å². The molecule has 0 radical (unpaired) electrons. The first-order valence-corrected chi connectivity index (χ1v) is 7.38. The Morgan fingerprint density at radius 2 is 2.29 bits per heavy atom. The molecule has 0 aliphatic carbocycles. The van der Waals surface area contributed by atoms with Gasteiger partial charge in [0.15, 0.2) is 0 Å². The molecule has 0 atom stereocenters. The minimum absolute atomic E-state index is 0.0498. The van der Waals surface area contributed by atoms with Crippen LogP contribution in [0.15, 0.2) is 29.0 Å². The summed E-state index contributed by atoms with van der Waals surface area (Å²) in [7, 11) is -3.59. The van der Waals surface area contributed by atoms with Crippen LogP contribution in [0, 0.1) is 0 Å². The van der Waals surface area contributed by atoms with Crippen LogP contribution in [0.5, 0.6) is 0 Å². The third kappa shape index (κ3) is 3.14. The number of hydrogen-bond donors (Lipinski definition) is 2. The highest BCUT2D eigenvalue weighted by atomic mass is 32.2. The lowest BCUT2D eigenvalue weighted by Gasteiger charge is -2.19. The summed E-state index contributed by atoms with van der Waals surface area (Å²) >= 11 is 1.31. The van der Waals surface area contributed by atoms with Crippen molar-refractivity contribution >= 4 is 21.4 Å². The number of aliphatic hydroxyl groups is 1. The van der Waals surface area contributed by atoms with Gasteiger partial charge in [0.1, 0.15) is 0 Å². The lowest BCUT2D eigenvalue weighted by atomic mass is 10.5. The van der Waals surface area contributed by atoms with E-state index in [1.807, 2.05) is 0 Å². The first-order chi connectivity index (χ1) is 8.07. The van der Waals surface area contributed by atoms with Crippen molar-refractivity contribution in [2.45, 2.75) is 11.4 Å². The number of nitrogens with zero attached hydrogens (tertiary/aromatic N) is 1. The molecule has 0 saturated heterocycles. The summed E-state index contributed by atoms with van der Waals surface area (Å²) in [6.07, 6.45) is 1.49. The van der Waals surface area contributed by atoms with Crippen LogP contribution in [-0.2, 0) is 16.6 Å². The molecule has 0 aliphatic heterocycles. The maximum atomic E-state index is 12.3. The van der Waals surface area contributed by atoms with Crippen molar-refractivity contribution in [1.82, 2.24) is 4.31 Å². The number of rotatable bonds is 7. The van der Waals surface area contributed by atoms with Crippen molar-refractivity contribution in [2.24, 2.45) is 5.73 Å². The molecule has 96 valence electrons. The Morgan fingerprint density at radius 3 is 2.82 bits per heavy atom. The molecule has 17 heavy (non-hydrogen) atoms. The van der Waals surface area contributed by atoms with Crippen molar-refractivity contribution in [2.75, 3.05) is 19.7 Å². The molecular weight excluding hydrogens is 260 g/mol. The van der Waals surface area contributed by atoms with E-state index in [1.165, 1.54) is 27.8 Å². The maximum absolute atomic E-state index is 12.3. The van der Waals surface area contributed by atoms with Gasteiger partial charge >= 0.3 is 0 Å². The smallest absolute Gasteiger partial charge is 0.244 e. The van der Waals surface area contributed by atoms with Crippen molar-refractivity contribution < 1.29 is 13.5 Å². The van der Waals surface area contributed by atoms with Gasteiger partial charge in [0, 0.05) is 24.5 Å². The highest BCUT2D eigenvalue weighted by Crippen LogP contribution is 2.24. The zero-order chi connectivity index (χ0) is 12.9. The van der Waals surface area contributed by atoms with Gasteiger partial charge in [-0.1, -0.05) is 6.08 Å². The predicted octanol–water partition coefficient (Wildman–Crippen LogP) is 0.376. The van der Waals surface area contributed by atoms with E-state index in [4.69, 9.17) is 10.8 Å². The minimum Gasteiger partial charge on any atom is -0.395 e. The van der Waals surface area contributed by atoms with Gasteiger partial charge in [-0.25, -0.2) is 8.42 Å². The Kier molecular flexibility index (Phi) is 5.29. The minimum atomic E-state index is -3.59. The van der Waals surface area contributed by atoms with Gasteiger partial charge in [-0.05, 0) is 11.4 Å². The van der Waals surface area contributed by atoms with E-state index in [0.717, 1.165) is 0 Å². The molecule has 0 amide bonds. The Hall–Kier alpha value is -0.730. The molecule has 7 heteroatoms. The molecule has 5 nitrogen and oxygen atoms in total. The molecule has 0 aromatic carbocycles. The number of aliphatic hydroxyl groups excluding tert-OH is 1. The van der Waals surface area contributed by atoms with E-state index < -0.39 is 10.0 Å². The van der Waals surface area contributed by atoms with Crippen LogP contribution in [0.3, 0.4) is 0 Å². The molecule has 1 aromatic rings. The van der Waals surface area contributed by atoms with Crippen LogP contribution < -0.4 is 5.73 Å². The van der Waals surface area contributed by atoms with E-state index in [9.17, 15) is 8.42 Å². The van der Waals surface area contributed by atoms with E-state index in [-0.39, 0.29) is 31.1 Å². The van der Waals surface area contributed by atoms with E-state index in [2.05, 4.69) is 6.58 Å². The topological polar surface area (TPSA) is 83.6 Å². The first kappa shape index (κ1) is 14.3. The average Bonchev–Trinajstić information content (AvgIpc) is 2.77. The summed E-state index contributed by atoms with van der Waals surface area (Å²) in [5.41, 5.74) is 5.50. The molecule has 0 fully saturated rings. The van der Waals surface area contributed by atoms with E-state index in [1.54, 1.807) is 5.38 Å². The fraction of sp³-hybridized carbons (Fsp3) is 0.400. The van der Waals surface area contributed by atoms with Crippen LogP contribution in [0.2, 0.25) is 0 Å². The molecule has 0 bridgehead atoms. The largest absolute Gasteiger partial charge is 0.395 e. The normalized spacial score (nSPS) is 11.9. The second kappa shape index (κ2) is 6.27. The Morgan fingerprint density at radius 1 is 1.59 bits per heavy atom. The molecule has 0 aliphatic rings. The van der Waals surface area contributed by atoms with E-state index >= 15 is 0 Å². The zero-order valence-corrected chi connectivity index (χ0v) is 11.0. The molecule has 3 N–H and O–H groups in total. The fourth-order valence-electron chi connectivity index (χ4n) is 1.41. The number of thiophene rings is 1. The van der Waals surface area contributed by atoms with Gasteiger partial charge in [-0.15, -0.1) is 17.9 Å². The first-order valence-electron chi connectivity index (χ1n) is 5.06. The third-order valence-electron chi connectivity index (χ3n) is 2.19. The van der Waals surface area contributed by atoms with Crippen LogP contribution >= 0.6 is 11.3 Å². The van der Waals surface area contributed by atoms with Gasteiger partial charge < -0.3 is 10.8 Å². The highest BCUT2D eigenvalue weighted by molar-refractivity contribution is 7.89. The SMILES string of the molecule is C=CCN(CCO)S(=O)(=O)c1ccsc1CN. The lowest BCUT2D eigenvalue weighted by Crippen LogP contribution is -2.34. The van der Waals surface area contributed by atoms with Crippen LogP contribution in [-0.4, -0.2) is 37.5 Å². The second-order valence-corrected chi connectivity index (χ2v) is 6.19. The summed E-state index contributed by atoms with van der Waals surface area (Å²) < 4.78 is 25.7. The fourth-order valence-corrected chi connectivity index (χ4v) is 4.12. The maximum Gasteiger partial charge on any atom is 0.244 e. The van der Waals surface area contributed by atoms with Crippen molar-refractivity contribution in [1.29, 1.82) is 0 Å². The van der Waals surface area contributed by atoms with Crippen molar-refractivity contribution in [3.63, 3.8) is 0 Å². The summed E-state index contributed by atoms with van der Waals surface area (Å²) in [5, 5.41) is 10.6. The van der Waals surface area contributed by atoms with Gasteiger partial charge in [0.25, 0.3) is 0 Å². The molecular formula is C10H16N2O3S2. The molecule has 0 spiro atoms. The Bertz CT molecular complexity index is 468. The van der Waals surface area contributed by atoms with Gasteiger partial charge in [-0.3, -0.25) is 0 Å². The van der Waals surface area contributed by atoms with Crippen molar-refractivity contribution in [3.8, 4) is 0 Å². The molecule has 0 unspecified atom stereocenters. The summed E-state index contributed by atoms with van der Waals surface area (Å²) in [5.74, 6) is 0. The van der Waals surface area contributed by atoms with Gasteiger partial charge in [0.05, 0.1) is 11.5 Å². The van der Waals surface area contributed by atoms with Crippen LogP contribution in [0.4, 0.5) is 0 Å². The van der Waals surface area contributed by atoms with Gasteiger partial charge in [0.2, 0.25) is 10.0 Å². The Balaban J connectivity index is 3.11. The summed E-state index contributed by atoms with van der Waals surface area (Å²) in [6.45, 7) is 3.69. The molecule has 1 aromatic heterocycles. The average molecular weight is 276 g/mol. The quantitative estimate of drug-likeness (QED) is 0.705. The highest BCUT2D eigenvalue weighted by Gasteiger charge is 2.26.